The van der Waals surface area contributed by atoms with E-state index in [-0.39, 0.29) is 5.41 Å². The summed E-state index contributed by atoms with van der Waals surface area (Å²) < 4.78 is 37.9. The van der Waals surface area contributed by atoms with Gasteiger partial charge in [0.25, 0.3) is 0 Å². The zero-order chi connectivity index (χ0) is 19.9. The predicted molar refractivity (Wildman–Crippen MR) is 104 cm³/mol. The van der Waals surface area contributed by atoms with Crippen LogP contribution < -0.4 is 4.90 Å². The molecule has 0 spiro atoms. The van der Waals surface area contributed by atoms with E-state index in [1.54, 1.807) is 12.1 Å². The number of hydrogen-bond donors (Lipinski definition) is 0. The van der Waals surface area contributed by atoms with Crippen molar-refractivity contribution in [2.45, 2.75) is 44.0 Å². The summed E-state index contributed by atoms with van der Waals surface area (Å²) in [6.45, 7) is 9.14. The summed E-state index contributed by atoms with van der Waals surface area (Å²) in [5.74, 6) is 1.26. The van der Waals surface area contributed by atoms with Gasteiger partial charge in [0.2, 0.25) is 15.9 Å². The zero-order valence-corrected chi connectivity index (χ0v) is 17.3. The highest BCUT2D eigenvalue weighted by Gasteiger charge is 2.29. The Labute approximate surface area is 165 Å². The molecule has 0 saturated carbocycles. The van der Waals surface area contributed by atoms with Gasteiger partial charge in [-0.25, -0.2) is 8.42 Å². The Bertz CT molecular complexity index is 959. The van der Waals surface area contributed by atoms with Crippen LogP contribution in [0.5, 0.6) is 0 Å². The predicted octanol–water partition coefficient (Wildman–Crippen LogP) is 1.95. The van der Waals surface area contributed by atoms with Crippen LogP contribution in [0.25, 0.3) is 0 Å². The first-order valence-electron chi connectivity index (χ1n) is 9.54. The Morgan fingerprint density at radius 1 is 1.14 bits per heavy atom. The summed E-state index contributed by atoms with van der Waals surface area (Å²) in [6, 6.07) is 5.38. The summed E-state index contributed by atoms with van der Waals surface area (Å²) >= 11 is 0. The molecule has 8 nitrogen and oxygen atoms in total. The molecule has 0 N–H and O–H groups in total. The minimum absolute atomic E-state index is 0.159. The molecule has 0 unspecified atom stereocenters. The van der Waals surface area contributed by atoms with Gasteiger partial charge in [-0.1, -0.05) is 25.9 Å². The maximum absolute atomic E-state index is 12.9. The third-order valence-electron chi connectivity index (χ3n) is 5.12. The van der Waals surface area contributed by atoms with Crippen LogP contribution in [-0.2, 0) is 33.1 Å². The molecule has 0 aliphatic carbocycles. The van der Waals surface area contributed by atoms with Gasteiger partial charge in [-0.15, -0.1) is 0 Å². The molecule has 0 atom stereocenters. The van der Waals surface area contributed by atoms with Crippen molar-refractivity contribution in [3.63, 3.8) is 0 Å². The van der Waals surface area contributed by atoms with Crippen molar-refractivity contribution < 1.29 is 17.7 Å². The second-order valence-corrected chi connectivity index (χ2v) is 10.2. The molecule has 0 amide bonds. The number of sulfonamides is 1. The molecule has 1 fully saturated rings. The molecule has 1 aromatic heterocycles. The van der Waals surface area contributed by atoms with Gasteiger partial charge in [0.15, 0.2) is 5.82 Å². The Morgan fingerprint density at radius 2 is 1.89 bits per heavy atom. The Balaban J connectivity index is 1.53. The molecule has 3 heterocycles. The van der Waals surface area contributed by atoms with Crippen molar-refractivity contribution in [3.8, 4) is 0 Å². The summed E-state index contributed by atoms with van der Waals surface area (Å²) in [5.41, 5.74) is 1.90. The Morgan fingerprint density at radius 3 is 2.57 bits per heavy atom. The monoisotopic (exact) mass is 406 g/mol. The normalized spacial score (nSPS) is 18.5. The van der Waals surface area contributed by atoms with Crippen LogP contribution in [0, 0.1) is 0 Å². The molecule has 1 aromatic carbocycles. The van der Waals surface area contributed by atoms with Gasteiger partial charge < -0.3 is 14.2 Å². The van der Waals surface area contributed by atoms with E-state index >= 15 is 0 Å². The molecule has 2 aliphatic heterocycles. The average molecular weight is 407 g/mol. The third-order valence-corrected chi connectivity index (χ3v) is 7.01. The highest BCUT2D eigenvalue weighted by Crippen LogP contribution is 2.32. The second kappa shape index (κ2) is 7.13. The van der Waals surface area contributed by atoms with Crippen molar-refractivity contribution in [3.05, 3.63) is 35.5 Å². The minimum atomic E-state index is -3.48. The van der Waals surface area contributed by atoms with Crippen molar-refractivity contribution in [1.82, 2.24) is 14.4 Å². The SMILES string of the molecule is CC(C)(C)c1noc(CN2CCc3cc(S(=O)(=O)N4CCOCC4)ccc32)n1. The maximum Gasteiger partial charge on any atom is 0.246 e. The van der Waals surface area contributed by atoms with Crippen LogP contribution in [0.15, 0.2) is 27.6 Å². The molecule has 28 heavy (non-hydrogen) atoms. The molecule has 4 rings (SSSR count). The lowest BCUT2D eigenvalue weighted by Crippen LogP contribution is -2.40. The summed E-state index contributed by atoms with van der Waals surface area (Å²) in [5, 5.41) is 4.08. The fraction of sp³-hybridized carbons (Fsp3) is 0.579. The minimum Gasteiger partial charge on any atom is -0.379 e. The van der Waals surface area contributed by atoms with Crippen molar-refractivity contribution >= 4 is 15.7 Å². The molecule has 9 heteroatoms. The van der Waals surface area contributed by atoms with Gasteiger partial charge in [0.05, 0.1) is 24.7 Å². The van der Waals surface area contributed by atoms with E-state index in [2.05, 4.69) is 15.0 Å². The van der Waals surface area contributed by atoms with Crippen molar-refractivity contribution in [2.75, 3.05) is 37.7 Å². The number of nitrogens with zero attached hydrogens (tertiary/aromatic N) is 4. The number of hydrogen-bond acceptors (Lipinski definition) is 7. The third kappa shape index (κ3) is 3.66. The molecular weight excluding hydrogens is 380 g/mol. The number of benzene rings is 1. The van der Waals surface area contributed by atoms with E-state index in [0.717, 1.165) is 24.2 Å². The van der Waals surface area contributed by atoms with Crippen LogP contribution in [0.4, 0.5) is 5.69 Å². The first-order valence-corrected chi connectivity index (χ1v) is 11.0. The first kappa shape index (κ1) is 19.4. The van der Waals surface area contributed by atoms with Crippen LogP contribution in [0.1, 0.15) is 38.0 Å². The van der Waals surface area contributed by atoms with Crippen molar-refractivity contribution in [2.24, 2.45) is 0 Å². The Hall–Kier alpha value is -1.97. The van der Waals surface area contributed by atoms with Crippen LogP contribution in [0.2, 0.25) is 0 Å². The number of fused-ring (bicyclic) bond motifs is 1. The quantitative estimate of drug-likeness (QED) is 0.767. The van der Waals surface area contributed by atoms with E-state index < -0.39 is 10.0 Å². The average Bonchev–Trinajstić information content (AvgIpc) is 3.30. The van der Waals surface area contributed by atoms with E-state index in [1.807, 2.05) is 26.8 Å². The maximum atomic E-state index is 12.9. The van der Waals surface area contributed by atoms with Gasteiger partial charge in [0.1, 0.15) is 0 Å². The molecule has 1 saturated heterocycles. The topological polar surface area (TPSA) is 88.8 Å². The summed E-state index contributed by atoms with van der Waals surface area (Å²) in [7, 11) is -3.48. The number of rotatable bonds is 4. The number of anilines is 1. The smallest absolute Gasteiger partial charge is 0.246 e. The lowest BCUT2D eigenvalue weighted by atomic mass is 9.96. The second-order valence-electron chi connectivity index (χ2n) is 8.24. The zero-order valence-electron chi connectivity index (χ0n) is 16.5. The summed E-state index contributed by atoms with van der Waals surface area (Å²) in [4.78, 5) is 7.01. The lowest BCUT2D eigenvalue weighted by Gasteiger charge is -2.26. The van der Waals surface area contributed by atoms with E-state index in [1.165, 1.54) is 4.31 Å². The Kier molecular flexibility index (Phi) is 4.93. The molecule has 152 valence electrons. The highest BCUT2D eigenvalue weighted by atomic mass is 32.2. The van der Waals surface area contributed by atoms with Crippen LogP contribution in [-0.4, -0.2) is 55.7 Å². The molecule has 2 aromatic rings. The van der Waals surface area contributed by atoms with E-state index in [4.69, 9.17) is 9.26 Å². The molecule has 0 bridgehead atoms. The van der Waals surface area contributed by atoms with E-state index in [9.17, 15) is 8.42 Å². The van der Waals surface area contributed by atoms with Crippen LogP contribution in [0.3, 0.4) is 0 Å². The first-order chi connectivity index (χ1) is 13.2. The number of morpholine rings is 1. The fourth-order valence-electron chi connectivity index (χ4n) is 3.49. The number of aromatic nitrogens is 2. The van der Waals surface area contributed by atoms with Gasteiger partial charge in [-0.05, 0) is 30.2 Å². The van der Waals surface area contributed by atoms with E-state index in [0.29, 0.717) is 49.5 Å². The van der Waals surface area contributed by atoms with Gasteiger partial charge in [-0.2, -0.15) is 9.29 Å². The largest absolute Gasteiger partial charge is 0.379 e. The standard InChI is InChI=1S/C19H26N4O4S/c1-19(2,3)18-20-17(27-21-18)13-22-7-6-14-12-15(4-5-16(14)22)28(24,25)23-8-10-26-11-9-23/h4-5,12H,6-11,13H2,1-3H3. The molecule has 0 radical (unpaired) electrons. The highest BCUT2D eigenvalue weighted by molar-refractivity contribution is 7.89. The molecule has 2 aliphatic rings. The van der Waals surface area contributed by atoms with Gasteiger partial charge in [-0.3, -0.25) is 0 Å². The fourth-order valence-corrected chi connectivity index (χ4v) is 4.95. The van der Waals surface area contributed by atoms with Gasteiger partial charge in [0, 0.05) is 30.7 Å². The summed E-state index contributed by atoms with van der Waals surface area (Å²) in [6.07, 6.45) is 0.794. The lowest BCUT2D eigenvalue weighted by molar-refractivity contribution is 0.0730. The molecular formula is C19H26N4O4S. The number of ether oxygens (including phenoxy) is 1. The van der Waals surface area contributed by atoms with Crippen LogP contribution >= 0.6 is 0 Å². The van der Waals surface area contributed by atoms with Gasteiger partial charge >= 0.3 is 0 Å². The van der Waals surface area contributed by atoms with Crippen molar-refractivity contribution in [1.29, 1.82) is 0 Å².